The van der Waals surface area contributed by atoms with Gasteiger partial charge in [0, 0.05) is 54.5 Å². The van der Waals surface area contributed by atoms with E-state index in [1.807, 2.05) is 18.2 Å². The summed E-state index contributed by atoms with van der Waals surface area (Å²) in [6, 6.07) is 14.3. The Morgan fingerprint density at radius 1 is 1.07 bits per heavy atom. The molecule has 0 atom stereocenters. The topological polar surface area (TPSA) is 43.8 Å². The highest BCUT2D eigenvalue weighted by atomic mass is 32.3. The predicted octanol–water partition coefficient (Wildman–Crippen LogP) is 4.52. The highest BCUT2D eigenvalue weighted by Crippen LogP contribution is 2.47. The molecule has 0 radical (unpaired) electrons. The van der Waals surface area contributed by atoms with Gasteiger partial charge in [0.2, 0.25) is 0 Å². The maximum absolute atomic E-state index is 13.2. The Labute approximate surface area is 184 Å². The van der Waals surface area contributed by atoms with E-state index in [1.165, 1.54) is 22.3 Å². The smallest absolute Gasteiger partial charge is 0.0546 e. The third-order valence-corrected chi connectivity index (χ3v) is 10.3. The van der Waals surface area contributed by atoms with Gasteiger partial charge in [-0.25, -0.2) is 4.21 Å². The van der Waals surface area contributed by atoms with E-state index < -0.39 is 9.35 Å². The summed E-state index contributed by atoms with van der Waals surface area (Å²) in [7, 11) is -1.62. The summed E-state index contributed by atoms with van der Waals surface area (Å²) in [6.45, 7) is 7.32. The number of benzene rings is 2. The number of nitrogens with zero attached hydrogens (tertiary/aromatic N) is 2. The quantitative estimate of drug-likeness (QED) is 0.627. The van der Waals surface area contributed by atoms with Crippen LogP contribution in [0.15, 0.2) is 63.2 Å². The molecule has 1 N–H and O–H groups in total. The molecule has 0 saturated carbocycles. The van der Waals surface area contributed by atoms with Crippen LogP contribution in [-0.2, 0) is 9.35 Å². The molecule has 2 aromatic carbocycles. The fourth-order valence-corrected chi connectivity index (χ4v) is 6.28. The minimum absolute atomic E-state index is 0.224. The van der Waals surface area contributed by atoms with E-state index in [9.17, 15) is 8.76 Å². The minimum atomic E-state index is -3.81. The van der Waals surface area contributed by atoms with Crippen molar-refractivity contribution in [1.82, 2.24) is 9.80 Å². The molecular weight excluding hydrogens is 412 g/mol. The molecule has 0 bridgehead atoms. The van der Waals surface area contributed by atoms with Gasteiger partial charge in [-0.1, -0.05) is 36.0 Å². The summed E-state index contributed by atoms with van der Waals surface area (Å²) in [5, 5.41) is 0. The molecule has 2 aromatic rings. The van der Waals surface area contributed by atoms with Gasteiger partial charge in [0.05, 0.1) is 4.90 Å². The van der Waals surface area contributed by atoms with Crippen molar-refractivity contribution < 1.29 is 8.76 Å². The monoisotopic (exact) mass is 444 g/mol. The molecule has 4 rings (SSSR count). The van der Waals surface area contributed by atoms with Crippen LogP contribution in [0.3, 0.4) is 0 Å². The minimum Gasteiger partial charge on any atom is -0.304 e. The van der Waals surface area contributed by atoms with Gasteiger partial charge in [0.1, 0.15) is 0 Å². The average Bonchev–Trinajstić information content (AvgIpc) is 2.74. The van der Waals surface area contributed by atoms with E-state index in [4.69, 9.17) is 0 Å². The van der Waals surface area contributed by atoms with E-state index in [2.05, 4.69) is 47.2 Å². The Morgan fingerprint density at radius 2 is 1.77 bits per heavy atom. The van der Waals surface area contributed by atoms with E-state index >= 15 is 0 Å². The van der Waals surface area contributed by atoms with E-state index in [1.54, 1.807) is 18.7 Å². The molecule has 4 nitrogen and oxygen atoms in total. The number of piperazine rings is 1. The zero-order chi connectivity index (χ0) is 21.4. The summed E-state index contributed by atoms with van der Waals surface area (Å²) < 4.78 is 24.0. The van der Waals surface area contributed by atoms with Crippen LogP contribution in [0.2, 0.25) is 0 Å². The van der Waals surface area contributed by atoms with Gasteiger partial charge in [-0.15, -0.1) is 0 Å². The maximum atomic E-state index is 13.2. The van der Waals surface area contributed by atoms with Gasteiger partial charge in [-0.2, -0.15) is 9.35 Å². The van der Waals surface area contributed by atoms with Crippen LogP contribution >= 0.6 is 11.8 Å². The van der Waals surface area contributed by atoms with Crippen LogP contribution in [0, 0.1) is 0 Å². The van der Waals surface area contributed by atoms with Gasteiger partial charge < -0.3 is 9.80 Å². The molecule has 2 aliphatic rings. The standard InChI is InChI=1S/C24H32N2O2S2/c1-4-30(3,27,28)19-11-12-24-22(18-19)20(21-8-5-6-10-23(21)29-24)9-7-13-26-16-14-25(2)15-17-26/h5-6,8-12,18H,4,7,13-17H2,1-3H3,(H,27,28). The van der Waals surface area contributed by atoms with Gasteiger partial charge in [-0.3, -0.25) is 4.55 Å². The molecule has 2 aliphatic heterocycles. The van der Waals surface area contributed by atoms with Gasteiger partial charge in [0.25, 0.3) is 0 Å². The molecule has 0 spiro atoms. The van der Waals surface area contributed by atoms with Crippen molar-refractivity contribution in [3.8, 4) is 0 Å². The fraction of sp³-hybridized carbons (Fsp3) is 0.417. The van der Waals surface area contributed by atoms with Crippen molar-refractivity contribution in [3.05, 3.63) is 59.7 Å². The molecule has 2 heterocycles. The molecule has 0 amide bonds. The largest absolute Gasteiger partial charge is 0.304 e. The summed E-state index contributed by atoms with van der Waals surface area (Å²) in [4.78, 5) is 7.85. The Morgan fingerprint density at radius 3 is 2.50 bits per heavy atom. The normalized spacial score (nSPS) is 20.4. The first-order valence-corrected chi connectivity index (χ1v) is 14.0. The molecule has 6 heteroatoms. The van der Waals surface area contributed by atoms with Crippen molar-refractivity contribution in [1.29, 1.82) is 0 Å². The molecule has 162 valence electrons. The molecule has 1 fully saturated rings. The second-order valence-electron chi connectivity index (χ2n) is 8.58. The molecule has 0 unspecified atom stereocenters. The highest BCUT2D eigenvalue weighted by molar-refractivity contribution is 8.14. The lowest BCUT2D eigenvalue weighted by Crippen LogP contribution is -2.44. The fourth-order valence-electron chi connectivity index (χ4n) is 4.03. The molecule has 30 heavy (non-hydrogen) atoms. The van der Waals surface area contributed by atoms with E-state index in [0.717, 1.165) is 49.6 Å². The van der Waals surface area contributed by atoms with Crippen LogP contribution < -0.4 is 0 Å². The van der Waals surface area contributed by atoms with E-state index in [0.29, 0.717) is 4.90 Å². The van der Waals surface area contributed by atoms with Crippen molar-refractivity contribution >= 4 is 26.7 Å². The SMILES string of the molecule is CCS(C)(=O)(O)c1ccc2c(c1)C(=CCCN1CCN(C)CC1)c1ccccc1S2. The number of hydrogen-bond acceptors (Lipinski definition) is 4. The second-order valence-corrected chi connectivity index (χ2v) is 13.7. The lowest BCUT2D eigenvalue weighted by molar-refractivity contribution is 0.156. The first kappa shape index (κ1) is 21.8. The predicted molar refractivity (Wildman–Crippen MR) is 128 cm³/mol. The number of hydrogen-bond donors (Lipinski definition) is 1. The third kappa shape index (κ3) is 4.43. The first-order valence-electron chi connectivity index (χ1n) is 10.7. The van der Waals surface area contributed by atoms with Crippen molar-refractivity contribution in [2.75, 3.05) is 51.8 Å². The first-order chi connectivity index (χ1) is 14.2. The molecular formula is C24H32N2O2S2. The van der Waals surface area contributed by atoms with Gasteiger partial charge >= 0.3 is 0 Å². The third-order valence-electron chi connectivity index (χ3n) is 6.31. The van der Waals surface area contributed by atoms with Crippen molar-refractivity contribution in [2.45, 2.75) is 28.0 Å². The highest BCUT2D eigenvalue weighted by Gasteiger charge is 2.27. The van der Waals surface area contributed by atoms with Crippen LogP contribution in [0.5, 0.6) is 0 Å². The Bertz CT molecular complexity index is 1030. The summed E-state index contributed by atoms with van der Waals surface area (Å²) in [5.74, 6) is 0.224. The summed E-state index contributed by atoms with van der Waals surface area (Å²) in [6.07, 6.45) is 4.79. The van der Waals surface area contributed by atoms with Crippen molar-refractivity contribution in [2.24, 2.45) is 0 Å². The lowest BCUT2D eigenvalue weighted by Gasteiger charge is -2.38. The van der Waals surface area contributed by atoms with Crippen LogP contribution in [-0.4, -0.2) is 70.3 Å². The zero-order valence-electron chi connectivity index (χ0n) is 18.1. The van der Waals surface area contributed by atoms with Crippen molar-refractivity contribution in [3.63, 3.8) is 0 Å². The van der Waals surface area contributed by atoms with Crippen LogP contribution in [0.1, 0.15) is 24.5 Å². The summed E-state index contributed by atoms with van der Waals surface area (Å²) in [5.41, 5.74) is 3.49. The summed E-state index contributed by atoms with van der Waals surface area (Å²) >= 11 is 1.75. The van der Waals surface area contributed by atoms with Crippen LogP contribution in [0.25, 0.3) is 5.57 Å². The maximum Gasteiger partial charge on any atom is 0.0546 e. The van der Waals surface area contributed by atoms with Gasteiger partial charge in [0.15, 0.2) is 0 Å². The Balaban J connectivity index is 1.68. The Hall–Kier alpha value is -1.44. The lowest BCUT2D eigenvalue weighted by atomic mass is 9.96. The molecule has 0 aliphatic carbocycles. The van der Waals surface area contributed by atoms with Crippen LogP contribution in [0.4, 0.5) is 0 Å². The molecule has 1 saturated heterocycles. The average molecular weight is 445 g/mol. The Kier molecular flexibility index (Phi) is 5.99. The number of likely N-dealkylation sites (N-methyl/N-ethyl adjacent to an activating group) is 1. The zero-order valence-corrected chi connectivity index (χ0v) is 19.8. The number of rotatable bonds is 5. The number of fused-ring (bicyclic) bond motifs is 2. The molecule has 0 aromatic heterocycles. The van der Waals surface area contributed by atoms with Gasteiger partial charge in [-0.05, 0) is 61.4 Å². The van der Waals surface area contributed by atoms with E-state index in [-0.39, 0.29) is 5.75 Å². The second kappa shape index (κ2) is 8.24.